The SMILES string of the molecule is CC1(CCNc2ccc([N+](=O)[O-])cc2C#N)OCCO1. The molecule has 1 saturated heterocycles. The molecule has 0 aliphatic carbocycles. The van der Waals surface area contributed by atoms with Crippen LogP contribution in [0.15, 0.2) is 18.2 Å². The van der Waals surface area contributed by atoms with E-state index < -0.39 is 10.7 Å². The molecular formula is C13H15N3O4. The monoisotopic (exact) mass is 277 g/mol. The van der Waals surface area contributed by atoms with Crippen molar-refractivity contribution in [3.05, 3.63) is 33.9 Å². The summed E-state index contributed by atoms with van der Waals surface area (Å²) in [5.74, 6) is -0.597. The minimum atomic E-state index is -0.597. The Morgan fingerprint density at radius 2 is 2.20 bits per heavy atom. The van der Waals surface area contributed by atoms with Gasteiger partial charge in [-0.2, -0.15) is 5.26 Å². The number of hydrogen-bond acceptors (Lipinski definition) is 6. The Morgan fingerprint density at radius 1 is 1.50 bits per heavy atom. The summed E-state index contributed by atoms with van der Waals surface area (Å²) >= 11 is 0. The third-order valence-electron chi connectivity index (χ3n) is 3.13. The van der Waals surface area contributed by atoms with Crippen LogP contribution in [0.2, 0.25) is 0 Å². The Hall–Kier alpha value is -2.17. The molecular weight excluding hydrogens is 262 g/mol. The lowest BCUT2D eigenvalue weighted by Crippen LogP contribution is -2.28. The maximum absolute atomic E-state index is 10.7. The number of benzene rings is 1. The number of nitrogens with one attached hydrogen (secondary N) is 1. The molecule has 0 amide bonds. The summed E-state index contributed by atoms with van der Waals surface area (Å²) in [6.07, 6.45) is 0.620. The van der Waals surface area contributed by atoms with Crippen molar-refractivity contribution in [2.24, 2.45) is 0 Å². The fourth-order valence-corrected chi connectivity index (χ4v) is 2.02. The van der Waals surface area contributed by atoms with Gasteiger partial charge in [0.2, 0.25) is 0 Å². The van der Waals surface area contributed by atoms with Crippen LogP contribution in [-0.4, -0.2) is 30.5 Å². The first kappa shape index (κ1) is 14.2. The van der Waals surface area contributed by atoms with Gasteiger partial charge in [0.15, 0.2) is 5.79 Å². The molecule has 0 bridgehead atoms. The Balaban J connectivity index is 1.99. The van der Waals surface area contributed by atoms with Gasteiger partial charge in [0.1, 0.15) is 6.07 Å². The average molecular weight is 277 g/mol. The van der Waals surface area contributed by atoms with Crippen molar-refractivity contribution in [3.8, 4) is 6.07 Å². The largest absolute Gasteiger partial charge is 0.384 e. The van der Waals surface area contributed by atoms with E-state index in [4.69, 9.17) is 14.7 Å². The van der Waals surface area contributed by atoms with E-state index in [1.807, 2.05) is 13.0 Å². The van der Waals surface area contributed by atoms with E-state index >= 15 is 0 Å². The summed E-state index contributed by atoms with van der Waals surface area (Å²) in [6.45, 7) is 3.57. The van der Waals surface area contributed by atoms with Crippen LogP contribution in [-0.2, 0) is 9.47 Å². The van der Waals surface area contributed by atoms with Crippen molar-refractivity contribution in [2.45, 2.75) is 19.1 Å². The van der Waals surface area contributed by atoms with Gasteiger partial charge in [0.25, 0.3) is 5.69 Å². The van der Waals surface area contributed by atoms with Crippen molar-refractivity contribution in [1.29, 1.82) is 5.26 Å². The molecule has 20 heavy (non-hydrogen) atoms. The van der Waals surface area contributed by atoms with Crippen molar-refractivity contribution in [2.75, 3.05) is 25.1 Å². The zero-order valence-corrected chi connectivity index (χ0v) is 11.1. The van der Waals surface area contributed by atoms with Gasteiger partial charge in [-0.3, -0.25) is 10.1 Å². The fourth-order valence-electron chi connectivity index (χ4n) is 2.02. The number of hydrogen-bond donors (Lipinski definition) is 1. The molecule has 0 radical (unpaired) electrons. The number of nitro benzene ring substituents is 1. The summed E-state index contributed by atoms with van der Waals surface area (Å²) in [6, 6.07) is 6.11. The second-order valence-electron chi connectivity index (χ2n) is 4.61. The summed E-state index contributed by atoms with van der Waals surface area (Å²) in [5.41, 5.74) is 0.721. The highest BCUT2D eigenvalue weighted by molar-refractivity contribution is 5.61. The number of rotatable bonds is 5. The highest BCUT2D eigenvalue weighted by Gasteiger charge is 2.30. The number of ether oxygens (including phenoxy) is 2. The van der Waals surface area contributed by atoms with Crippen LogP contribution in [0, 0.1) is 21.4 Å². The number of anilines is 1. The van der Waals surface area contributed by atoms with Crippen molar-refractivity contribution in [3.63, 3.8) is 0 Å². The molecule has 1 N–H and O–H groups in total. The molecule has 0 unspecified atom stereocenters. The molecule has 7 heteroatoms. The standard InChI is InChI=1S/C13H15N3O4/c1-13(19-6-7-20-13)4-5-15-12-3-2-11(16(17)18)8-10(12)9-14/h2-3,8,15H,4-7H2,1H3. The first-order valence-electron chi connectivity index (χ1n) is 6.24. The predicted molar refractivity (Wildman–Crippen MR) is 71.2 cm³/mol. The molecule has 1 aromatic carbocycles. The molecule has 0 aromatic heterocycles. The summed E-state index contributed by atoms with van der Waals surface area (Å²) in [7, 11) is 0. The topological polar surface area (TPSA) is 97.4 Å². The van der Waals surface area contributed by atoms with Crippen LogP contribution in [0.4, 0.5) is 11.4 Å². The van der Waals surface area contributed by atoms with Gasteiger partial charge in [-0.1, -0.05) is 0 Å². The Bertz CT molecular complexity index is 547. The van der Waals surface area contributed by atoms with Gasteiger partial charge in [0, 0.05) is 25.1 Å². The van der Waals surface area contributed by atoms with E-state index in [1.165, 1.54) is 18.2 Å². The van der Waals surface area contributed by atoms with Gasteiger partial charge < -0.3 is 14.8 Å². The highest BCUT2D eigenvalue weighted by Crippen LogP contribution is 2.24. The number of nitro groups is 1. The first-order valence-corrected chi connectivity index (χ1v) is 6.24. The van der Waals surface area contributed by atoms with Crippen molar-refractivity contribution in [1.82, 2.24) is 0 Å². The van der Waals surface area contributed by atoms with Crippen molar-refractivity contribution >= 4 is 11.4 Å². The second-order valence-corrected chi connectivity index (χ2v) is 4.61. The van der Waals surface area contributed by atoms with Crippen LogP contribution in [0.25, 0.3) is 0 Å². The van der Waals surface area contributed by atoms with E-state index in [0.29, 0.717) is 31.9 Å². The quantitative estimate of drug-likeness (QED) is 0.653. The van der Waals surface area contributed by atoms with E-state index in [-0.39, 0.29) is 11.3 Å². The van der Waals surface area contributed by atoms with Crippen LogP contribution in [0.1, 0.15) is 18.9 Å². The highest BCUT2D eigenvalue weighted by atomic mass is 16.7. The maximum atomic E-state index is 10.7. The third kappa shape index (κ3) is 3.23. The van der Waals surface area contributed by atoms with Gasteiger partial charge >= 0.3 is 0 Å². The van der Waals surface area contributed by atoms with Crippen LogP contribution < -0.4 is 5.32 Å². The van der Waals surface area contributed by atoms with Gasteiger partial charge in [0.05, 0.1) is 29.4 Å². The molecule has 0 atom stereocenters. The second kappa shape index (κ2) is 5.86. The maximum Gasteiger partial charge on any atom is 0.270 e. The van der Waals surface area contributed by atoms with Gasteiger partial charge in [-0.05, 0) is 13.0 Å². The summed E-state index contributed by atoms with van der Waals surface area (Å²) in [4.78, 5) is 10.1. The Kier molecular flexibility index (Phi) is 4.17. The molecule has 7 nitrogen and oxygen atoms in total. The fraction of sp³-hybridized carbons (Fsp3) is 0.462. The normalized spacial score (nSPS) is 16.6. The average Bonchev–Trinajstić information content (AvgIpc) is 2.85. The smallest absolute Gasteiger partial charge is 0.270 e. The van der Waals surface area contributed by atoms with Crippen molar-refractivity contribution < 1.29 is 14.4 Å². The van der Waals surface area contributed by atoms with Gasteiger partial charge in [-0.15, -0.1) is 0 Å². The minimum absolute atomic E-state index is 0.0958. The molecule has 1 aliphatic heterocycles. The van der Waals surface area contributed by atoms with Crippen LogP contribution in [0.3, 0.4) is 0 Å². The molecule has 0 spiro atoms. The lowest BCUT2D eigenvalue weighted by molar-refractivity contribution is -0.384. The lowest BCUT2D eigenvalue weighted by Gasteiger charge is -2.22. The minimum Gasteiger partial charge on any atom is -0.384 e. The van der Waals surface area contributed by atoms with E-state index in [1.54, 1.807) is 0 Å². The lowest BCUT2D eigenvalue weighted by atomic mass is 10.1. The number of nitrogens with zero attached hydrogens (tertiary/aromatic N) is 2. The molecule has 0 saturated carbocycles. The Morgan fingerprint density at radius 3 is 2.80 bits per heavy atom. The third-order valence-corrected chi connectivity index (χ3v) is 3.13. The van der Waals surface area contributed by atoms with E-state index in [0.717, 1.165) is 0 Å². The molecule has 1 aliphatic rings. The van der Waals surface area contributed by atoms with Crippen LogP contribution in [0.5, 0.6) is 0 Å². The van der Waals surface area contributed by atoms with E-state index in [2.05, 4.69) is 5.32 Å². The molecule has 2 rings (SSSR count). The molecule has 106 valence electrons. The summed E-state index contributed by atoms with van der Waals surface area (Å²) in [5, 5.41) is 22.8. The molecule has 1 aromatic rings. The van der Waals surface area contributed by atoms with Crippen LogP contribution >= 0.6 is 0 Å². The van der Waals surface area contributed by atoms with Gasteiger partial charge in [-0.25, -0.2) is 0 Å². The molecule has 1 fully saturated rings. The number of non-ortho nitro benzene ring substituents is 1. The zero-order valence-electron chi connectivity index (χ0n) is 11.1. The Labute approximate surface area is 116 Å². The first-order chi connectivity index (χ1) is 9.54. The molecule has 1 heterocycles. The number of nitriles is 1. The summed E-state index contributed by atoms with van der Waals surface area (Å²) < 4.78 is 10.9. The zero-order chi connectivity index (χ0) is 14.6. The van der Waals surface area contributed by atoms with E-state index in [9.17, 15) is 10.1 Å². The predicted octanol–water partition coefficient (Wildman–Crippen LogP) is 2.03.